The van der Waals surface area contributed by atoms with Crippen LogP contribution in [-0.2, 0) is 16.4 Å². The Morgan fingerprint density at radius 3 is 2.41 bits per heavy atom. The van der Waals surface area contributed by atoms with Crippen molar-refractivity contribution in [2.75, 3.05) is 26.2 Å². The lowest BCUT2D eigenvalue weighted by atomic mass is 10.0. The molecule has 2 saturated heterocycles. The van der Waals surface area contributed by atoms with Crippen molar-refractivity contribution in [3.8, 4) is 0 Å². The number of sulfonamides is 1. The van der Waals surface area contributed by atoms with E-state index in [1.54, 1.807) is 33.5 Å². The van der Waals surface area contributed by atoms with Crippen LogP contribution in [0.3, 0.4) is 0 Å². The van der Waals surface area contributed by atoms with Gasteiger partial charge in [-0.1, -0.05) is 41.9 Å². The zero-order valence-electron chi connectivity index (χ0n) is 16.2. The summed E-state index contributed by atoms with van der Waals surface area (Å²) < 4.78 is 27.8. The summed E-state index contributed by atoms with van der Waals surface area (Å²) in [6, 6.07) is 16.8. The molecule has 0 N–H and O–H groups in total. The zero-order valence-corrected chi connectivity index (χ0v) is 17.8. The first-order chi connectivity index (χ1) is 13.9. The molecule has 0 aromatic heterocycles. The molecule has 154 valence electrons. The fraction of sp³-hybridized carbons (Fsp3) is 0.409. The molecule has 2 aliphatic rings. The van der Waals surface area contributed by atoms with Crippen LogP contribution in [0.4, 0.5) is 0 Å². The molecule has 4 rings (SSSR count). The van der Waals surface area contributed by atoms with E-state index in [4.69, 9.17) is 11.6 Å². The first-order valence-electron chi connectivity index (χ1n) is 10.0. The van der Waals surface area contributed by atoms with E-state index in [1.165, 1.54) is 0 Å². The van der Waals surface area contributed by atoms with Crippen LogP contribution < -0.4 is 0 Å². The highest BCUT2D eigenvalue weighted by molar-refractivity contribution is 7.90. The van der Waals surface area contributed by atoms with E-state index < -0.39 is 10.0 Å². The average molecular weight is 433 g/mol. The predicted octanol–water partition coefficient (Wildman–Crippen LogP) is 3.45. The Balaban J connectivity index is 1.40. The average Bonchev–Trinajstić information content (AvgIpc) is 2.86. The predicted molar refractivity (Wildman–Crippen MR) is 115 cm³/mol. The van der Waals surface area contributed by atoms with Crippen molar-refractivity contribution in [3.63, 3.8) is 0 Å². The maximum atomic E-state index is 13.1. The van der Waals surface area contributed by atoms with Gasteiger partial charge < -0.3 is 4.90 Å². The lowest BCUT2D eigenvalue weighted by Gasteiger charge is -2.22. The van der Waals surface area contributed by atoms with E-state index in [-0.39, 0.29) is 17.1 Å². The lowest BCUT2D eigenvalue weighted by Crippen LogP contribution is -2.35. The van der Waals surface area contributed by atoms with Gasteiger partial charge in [0, 0.05) is 36.8 Å². The lowest BCUT2D eigenvalue weighted by molar-refractivity contribution is 0.0759. The number of rotatable bonds is 4. The van der Waals surface area contributed by atoms with Crippen LogP contribution in [0.15, 0.2) is 54.6 Å². The van der Waals surface area contributed by atoms with Crippen LogP contribution in [0.2, 0.25) is 5.02 Å². The number of hydrogen-bond acceptors (Lipinski definition) is 3. The van der Waals surface area contributed by atoms with E-state index in [9.17, 15) is 13.2 Å². The van der Waals surface area contributed by atoms with Crippen molar-refractivity contribution in [3.05, 3.63) is 70.7 Å². The molecule has 2 aromatic rings. The van der Waals surface area contributed by atoms with Gasteiger partial charge >= 0.3 is 0 Å². The summed E-state index contributed by atoms with van der Waals surface area (Å²) in [5.74, 6) is 0.0266. The molecule has 0 bridgehead atoms. The smallest absolute Gasteiger partial charge is 0.253 e. The standard InChI is InChI=1S/C22H25ClN2O3S/c23-20-8-6-18(7-9-20)22(26)24-13-11-19-16-25(29(27,28)21(19)12-14-24)15-10-17-4-2-1-3-5-17/h1-9,19,21H,10-16H2/t19-,21-/m1/s1. The van der Waals surface area contributed by atoms with Crippen molar-refractivity contribution in [2.45, 2.75) is 24.5 Å². The number of benzene rings is 2. The number of carbonyl (C=O) groups is 1. The number of hydrogen-bond donors (Lipinski definition) is 0. The minimum atomic E-state index is -3.32. The first-order valence-corrected chi connectivity index (χ1v) is 11.9. The molecule has 7 heteroatoms. The van der Waals surface area contributed by atoms with E-state index in [1.807, 2.05) is 30.3 Å². The molecule has 0 saturated carbocycles. The number of fused-ring (bicyclic) bond motifs is 1. The highest BCUT2D eigenvalue weighted by atomic mass is 35.5. The van der Waals surface area contributed by atoms with Gasteiger partial charge in [-0.05, 0) is 55.0 Å². The van der Waals surface area contributed by atoms with Gasteiger partial charge in [0.1, 0.15) is 0 Å². The second-order valence-corrected chi connectivity index (χ2v) is 10.4. The van der Waals surface area contributed by atoms with Gasteiger partial charge in [0.2, 0.25) is 10.0 Å². The van der Waals surface area contributed by atoms with Crippen molar-refractivity contribution in [1.82, 2.24) is 9.21 Å². The van der Waals surface area contributed by atoms with Crippen LogP contribution in [0, 0.1) is 5.92 Å². The largest absolute Gasteiger partial charge is 0.339 e. The Bertz CT molecular complexity index is 963. The summed E-state index contributed by atoms with van der Waals surface area (Å²) in [7, 11) is -3.32. The van der Waals surface area contributed by atoms with Gasteiger partial charge in [-0.25, -0.2) is 12.7 Å². The van der Waals surface area contributed by atoms with Crippen molar-refractivity contribution >= 4 is 27.5 Å². The number of halogens is 1. The summed E-state index contributed by atoms with van der Waals surface area (Å²) in [4.78, 5) is 14.6. The number of amides is 1. The molecule has 2 aliphatic heterocycles. The van der Waals surface area contributed by atoms with Crippen molar-refractivity contribution in [1.29, 1.82) is 0 Å². The molecule has 0 unspecified atom stereocenters. The van der Waals surface area contributed by atoms with E-state index in [0.29, 0.717) is 49.6 Å². The Morgan fingerprint density at radius 2 is 1.69 bits per heavy atom. The van der Waals surface area contributed by atoms with Crippen LogP contribution >= 0.6 is 11.6 Å². The van der Waals surface area contributed by atoms with Crippen LogP contribution in [-0.4, -0.2) is 55.0 Å². The molecule has 2 fully saturated rings. The van der Waals surface area contributed by atoms with E-state index in [0.717, 1.165) is 12.0 Å². The topological polar surface area (TPSA) is 57.7 Å². The highest BCUT2D eigenvalue weighted by Gasteiger charge is 2.46. The van der Waals surface area contributed by atoms with E-state index >= 15 is 0 Å². The Kier molecular flexibility index (Phi) is 5.95. The normalized spacial score (nSPS) is 24.1. The van der Waals surface area contributed by atoms with Crippen LogP contribution in [0.1, 0.15) is 28.8 Å². The quantitative estimate of drug-likeness (QED) is 0.743. The van der Waals surface area contributed by atoms with Crippen LogP contribution in [0.5, 0.6) is 0 Å². The Morgan fingerprint density at radius 1 is 1.00 bits per heavy atom. The molecule has 2 aromatic carbocycles. The monoisotopic (exact) mass is 432 g/mol. The summed E-state index contributed by atoms with van der Waals surface area (Å²) >= 11 is 5.91. The molecule has 1 amide bonds. The molecule has 0 radical (unpaired) electrons. The SMILES string of the molecule is O=C(c1ccc(Cl)cc1)N1CC[C@@H]2CN(CCc3ccccc3)S(=O)(=O)[C@@H]2CC1. The maximum absolute atomic E-state index is 13.1. The summed E-state index contributed by atoms with van der Waals surface area (Å²) in [6.07, 6.45) is 1.93. The summed E-state index contributed by atoms with van der Waals surface area (Å²) in [6.45, 7) is 2.13. The molecule has 5 nitrogen and oxygen atoms in total. The molecule has 0 aliphatic carbocycles. The number of carbonyl (C=O) groups excluding carboxylic acids is 1. The van der Waals surface area contributed by atoms with Gasteiger partial charge in [-0.15, -0.1) is 0 Å². The van der Waals surface area contributed by atoms with Crippen molar-refractivity contribution in [2.24, 2.45) is 5.92 Å². The minimum Gasteiger partial charge on any atom is -0.339 e. The summed E-state index contributed by atoms with van der Waals surface area (Å²) in [5.41, 5.74) is 1.74. The Hall–Kier alpha value is -1.89. The number of nitrogens with zero attached hydrogens (tertiary/aromatic N) is 2. The van der Waals surface area contributed by atoms with Crippen LogP contribution in [0.25, 0.3) is 0 Å². The molecular weight excluding hydrogens is 408 g/mol. The molecule has 0 spiro atoms. The molecule has 2 atom stereocenters. The van der Waals surface area contributed by atoms with Gasteiger partial charge in [0.15, 0.2) is 0 Å². The molecule has 29 heavy (non-hydrogen) atoms. The van der Waals surface area contributed by atoms with Gasteiger partial charge in [0.25, 0.3) is 5.91 Å². The maximum Gasteiger partial charge on any atom is 0.253 e. The fourth-order valence-corrected chi connectivity index (χ4v) is 6.76. The van der Waals surface area contributed by atoms with Gasteiger partial charge in [0.05, 0.1) is 5.25 Å². The molecular formula is C22H25ClN2O3S. The highest BCUT2D eigenvalue weighted by Crippen LogP contribution is 2.34. The molecule has 2 heterocycles. The van der Waals surface area contributed by atoms with E-state index in [2.05, 4.69) is 0 Å². The third-order valence-corrected chi connectivity index (χ3v) is 8.72. The zero-order chi connectivity index (χ0) is 20.4. The third-order valence-electron chi connectivity index (χ3n) is 6.03. The first kappa shape index (κ1) is 20.4. The minimum absolute atomic E-state index is 0.0556. The van der Waals surface area contributed by atoms with Gasteiger partial charge in [-0.3, -0.25) is 4.79 Å². The number of likely N-dealkylation sites (tertiary alicyclic amines) is 1. The van der Waals surface area contributed by atoms with Crippen molar-refractivity contribution < 1.29 is 13.2 Å². The van der Waals surface area contributed by atoms with Gasteiger partial charge in [-0.2, -0.15) is 0 Å². The summed E-state index contributed by atoms with van der Waals surface area (Å²) in [5, 5.41) is 0.204. The second-order valence-electron chi connectivity index (χ2n) is 7.81. The third kappa shape index (κ3) is 4.34. The second kappa shape index (κ2) is 8.46. The Labute approximate surface area is 177 Å². The fourth-order valence-electron chi connectivity index (χ4n) is 4.39.